The number of hydrogen-bond acceptors (Lipinski definition) is 4. The van der Waals surface area contributed by atoms with E-state index in [4.69, 9.17) is 5.26 Å². The molecule has 5 nitrogen and oxygen atoms in total. The Morgan fingerprint density at radius 1 is 1.44 bits per heavy atom. The van der Waals surface area contributed by atoms with Gasteiger partial charge in [0.15, 0.2) is 5.78 Å². The topological polar surface area (TPSA) is 74.1 Å². The van der Waals surface area contributed by atoms with Gasteiger partial charge in [-0.1, -0.05) is 0 Å². The first-order chi connectivity index (χ1) is 7.61. The first-order valence-electron chi connectivity index (χ1n) is 4.81. The highest BCUT2D eigenvalue weighted by atomic mass is 16.2. The van der Waals surface area contributed by atoms with Crippen LogP contribution in [-0.2, 0) is 9.59 Å². The number of aromatic nitrogens is 1. The Bertz CT molecular complexity index is 516. The van der Waals surface area contributed by atoms with Crippen molar-refractivity contribution in [2.45, 2.75) is 13.3 Å². The van der Waals surface area contributed by atoms with Crippen molar-refractivity contribution in [3.05, 3.63) is 23.4 Å². The molecule has 1 aliphatic heterocycles. The summed E-state index contributed by atoms with van der Waals surface area (Å²) in [4.78, 5) is 28.0. The Balaban J connectivity index is 2.36. The number of aryl methyl sites for hydroxylation is 1. The maximum absolute atomic E-state index is 11.5. The molecule has 0 spiro atoms. The van der Waals surface area contributed by atoms with E-state index in [0.717, 1.165) is 0 Å². The summed E-state index contributed by atoms with van der Waals surface area (Å²) >= 11 is 0. The summed E-state index contributed by atoms with van der Waals surface area (Å²) < 4.78 is 0. The second kappa shape index (κ2) is 3.74. The number of rotatable bonds is 1. The van der Waals surface area contributed by atoms with Crippen molar-refractivity contribution in [2.75, 3.05) is 11.4 Å². The van der Waals surface area contributed by atoms with E-state index in [1.165, 1.54) is 4.90 Å². The van der Waals surface area contributed by atoms with Crippen LogP contribution in [0.2, 0.25) is 0 Å². The number of anilines is 1. The van der Waals surface area contributed by atoms with Crippen molar-refractivity contribution >= 4 is 17.5 Å². The standard InChI is InChI=1S/C11H9N3O2/c1-7-8(5-12)2-3-10(13-7)14-6-9(15)4-11(14)16/h2-3H,4,6H2,1H3. The lowest BCUT2D eigenvalue weighted by atomic mass is 10.2. The summed E-state index contributed by atoms with van der Waals surface area (Å²) in [7, 11) is 0. The lowest BCUT2D eigenvalue weighted by molar-refractivity contribution is -0.121. The van der Waals surface area contributed by atoms with Gasteiger partial charge in [0.2, 0.25) is 5.91 Å². The Hall–Kier alpha value is -2.22. The molecule has 0 N–H and O–H groups in total. The molecule has 0 radical (unpaired) electrons. The van der Waals surface area contributed by atoms with Crippen LogP contribution in [0, 0.1) is 18.3 Å². The molecule has 0 aromatic carbocycles. The van der Waals surface area contributed by atoms with Crippen LogP contribution in [0.15, 0.2) is 12.1 Å². The highest BCUT2D eigenvalue weighted by Gasteiger charge is 2.29. The third kappa shape index (κ3) is 1.65. The van der Waals surface area contributed by atoms with Crippen LogP contribution in [0.4, 0.5) is 5.82 Å². The van der Waals surface area contributed by atoms with Gasteiger partial charge in [-0.2, -0.15) is 5.26 Å². The van der Waals surface area contributed by atoms with Gasteiger partial charge in [-0.05, 0) is 19.1 Å². The van der Waals surface area contributed by atoms with Crippen LogP contribution in [0.3, 0.4) is 0 Å². The second-order valence-electron chi connectivity index (χ2n) is 3.61. The third-order valence-corrected chi connectivity index (χ3v) is 2.45. The Labute approximate surface area is 92.3 Å². The largest absolute Gasteiger partial charge is 0.297 e. The molecule has 0 bridgehead atoms. The van der Waals surface area contributed by atoms with Crippen LogP contribution < -0.4 is 4.90 Å². The lowest BCUT2D eigenvalue weighted by Crippen LogP contribution is -2.25. The minimum atomic E-state index is -0.235. The minimum Gasteiger partial charge on any atom is -0.297 e. The summed E-state index contributed by atoms with van der Waals surface area (Å²) in [6.45, 7) is 1.78. The highest BCUT2D eigenvalue weighted by Crippen LogP contribution is 2.18. The van der Waals surface area contributed by atoms with Crippen LogP contribution in [0.1, 0.15) is 17.7 Å². The van der Waals surface area contributed by atoms with Gasteiger partial charge in [0.05, 0.1) is 24.2 Å². The molecular weight excluding hydrogens is 206 g/mol. The number of hydrogen-bond donors (Lipinski definition) is 0. The first kappa shape index (κ1) is 10.3. The predicted octanol–water partition coefficient (Wildman–Crippen LogP) is 0.568. The van der Waals surface area contributed by atoms with Gasteiger partial charge in [0.25, 0.3) is 0 Å². The van der Waals surface area contributed by atoms with E-state index in [1.54, 1.807) is 19.1 Å². The van der Waals surface area contributed by atoms with E-state index >= 15 is 0 Å². The van der Waals surface area contributed by atoms with E-state index < -0.39 is 0 Å². The number of nitriles is 1. The number of ketones is 1. The van der Waals surface area contributed by atoms with Crippen LogP contribution in [-0.4, -0.2) is 23.2 Å². The molecule has 1 aliphatic rings. The molecule has 0 unspecified atom stereocenters. The van der Waals surface area contributed by atoms with Crippen molar-refractivity contribution in [2.24, 2.45) is 0 Å². The molecule has 5 heteroatoms. The van der Waals surface area contributed by atoms with Gasteiger partial charge in [-0.3, -0.25) is 14.5 Å². The van der Waals surface area contributed by atoms with Gasteiger partial charge in [0.1, 0.15) is 11.9 Å². The van der Waals surface area contributed by atoms with Crippen molar-refractivity contribution < 1.29 is 9.59 Å². The van der Waals surface area contributed by atoms with Crippen molar-refractivity contribution in [1.29, 1.82) is 5.26 Å². The second-order valence-corrected chi connectivity index (χ2v) is 3.61. The molecule has 2 rings (SSSR count). The first-order valence-corrected chi connectivity index (χ1v) is 4.81. The monoisotopic (exact) mass is 215 g/mol. The smallest absolute Gasteiger partial charge is 0.236 e. The zero-order chi connectivity index (χ0) is 11.7. The van der Waals surface area contributed by atoms with Crippen LogP contribution in [0.25, 0.3) is 0 Å². The average Bonchev–Trinajstić information content (AvgIpc) is 2.58. The molecule has 0 atom stereocenters. The summed E-state index contributed by atoms with van der Waals surface area (Å²) in [5.41, 5.74) is 1.04. The molecule has 1 saturated heterocycles. The molecule has 16 heavy (non-hydrogen) atoms. The number of nitrogens with zero attached hydrogens (tertiary/aromatic N) is 3. The molecule has 1 fully saturated rings. The van der Waals surface area contributed by atoms with Crippen molar-refractivity contribution in [1.82, 2.24) is 4.98 Å². The maximum atomic E-state index is 11.5. The van der Waals surface area contributed by atoms with Gasteiger partial charge in [0, 0.05) is 0 Å². The molecule has 1 aromatic heterocycles. The van der Waals surface area contributed by atoms with E-state index in [-0.39, 0.29) is 24.7 Å². The molecule has 1 aromatic rings. The molecule has 0 saturated carbocycles. The molecule has 80 valence electrons. The number of carbonyl (C=O) groups excluding carboxylic acids is 2. The Morgan fingerprint density at radius 2 is 2.19 bits per heavy atom. The van der Waals surface area contributed by atoms with E-state index in [9.17, 15) is 9.59 Å². The van der Waals surface area contributed by atoms with Gasteiger partial charge in [-0.15, -0.1) is 0 Å². The Morgan fingerprint density at radius 3 is 2.69 bits per heavy atom. The van der Waals surface area contributed by atoms with Gasteiger partial charge < -0.3 is 0 Å². The maximum Gasteiger partial charge on any atom is 0.236 e. The Kier molecular flexibility index (Phi) is 2.41. The fourth-order valence-electron chi connectivity index (χ4n) is 1.61. The van der Waals surface area contributed by atoms with Crippen LogP contribution >= 0.6 is 0 Å². The van der Waals surface area contributed by atoms with E-state index in [1.807, 2.05) is 6.07 Å². The molecule has 0 aliphatic carbocycles. The SMILES string of the molecule is Cc1nc(N2CC(=O)CC2=O)ccc1C#N. The van der Waals surface area contributed by atoms with Crippen LogP contribution in [0.5, 0.6) is 0 Å². The predicted molar refractivity (Wildman–Crippen MR) is 55.7 cm³/mol. The van der Waals surface area contributed by atoms with Crippen molar-refractivity contribution in [3.8, 4) is 6.07 Å². The number of amides is 1. The quantitative estimate of drug-likeness (QED) is 0.642. The third-order valence-electron chi connectivity index (χ3n) is 2.45. The van der Waals surface area contributed by atoms with E-state index in [0.29, 0.717) is 17.1 Å². The fourth-order valence-corrected chi connectivity index (χ4v) is 1.61. The minimum absolute atomic E-state index is 0.0548. The number of carbonyl (C=O) groups is 2. The lowest BCUT2D eigenvalue weighted by Gasteiger charge is -2.13. The molecular formula is C11H9N3O2. The van der Waals surface area contributed by atoms with Gasteiger partial charge in [-0.25, -0.2) is 4.98 Å². The normalized spacial score (nSPS) is 15.4. The zero-order valence-corrected chi connectivity index (χ0v) is 8.73. The van der Waals surface area contributed by atoms with Gasteiger partial charge >= 0.3 is 0 Å². The number of pyridine rings is 1. The fraction of sp³-hybridized carbons (Fsp3) is 0.273. The van der Waals surface area contributed by atoms with E-state index in [2.05, 4.69) is 4.98 Å². The summed E-state index contributed by atoms with van der Waals surface area (Å²) in [6, 6.07) is 5.19. The zero-order valence-electron chi connectivity index (χ0n) is 8.73. The summed E-state index contributed by atoms with van der Waals surface area (Å²) in [5.74, 6) is 0.0998. The number of Topliss-reactive ketones (excluding diaryl/α,β-unsaturated/α-hetero) is 1. The molecule has 1 amide bonds. The average molecular weight is 215 g/mol. The summed E-state index contributed by atoms with van der Waals surface area (Å²) in [5, 5.41) is 8.74. The summed E-state index contributed by atoms with van der Waals surface area (Å²) in [6.07, 6.45) is -0.0548. The highest BCUT2D eigenvalue weighted by molar-refractivity contribution is 6.14. The van der Waals surface area contributed by atoms with Crippen molar-refractivity contribution in [3.63, 3.8) is 0 Å². The molecule has 2 heterocycles.